The molecule has 1 aromatic heterocycles. The summed E-state index contributed by atoms with van der Waals surface area (Å²) in [7, 11) is 0. The van der Waals surface area contributed by atoms with Gasteiger partial charge in [0.25, 0.3) is 5.91 Å². The molecule has 0 aliphatic rings. The van der Waals surface area contributed by atoms with Gasteiger partial charge in [-0.2, -0.15) is 5.10 Å². The largest absolute Gasteiger partial charge is 0.490 e. The molecule has 4 aromatic carbocycles. The Labute approximate surface area is 249 Å². The van der Waals surface area contributed by atoms with Crippen LogP contribution in [0.25, 0.3) is 21.8 Å². The van der Waals surface area contributed by atoms with Gasteiger partial charge in [0, 0.05) is 15.8 Å². The number of benzene rings is 4. The average Bonchev–Trinajstić information content (AvgIpc) is 2.96. The van der Waals surface area contributed by atoms with E-state index in [1.54, 1.807) is 18.3 Å². The lowest BCUT2D eigenvalue weighted by Crippen LogP contribution is -2.25. The Morgan fingerprint density at radius 1 is 0.975 bits per heavy atom. The molecule has 7 nitrogen and oxygen atoms in total. The number of amides is 1. The maximum atomic E-state index is 12.9. The summed E-state index contributed by atoms with van der Waals surface area (Å²) in [6.07, 6.45) is 1.56. The fourth-order valence-corrected chi connectivity index (χ4v) is 5.31. The number of nitrogens with zero attached hydrogens (tertiary/aromatic N) is 2. The molecule has 0 aliphatic heterocycles. The highest BCUT2D eigenvalue weighted by atomic mass is 127. The minimum atomic E-state index is -0.321. The monoisotopic (exact) mass is 665 g/mol. The van der Waals surface area contributed by atoms with Crippen molar-refractivity contribution in [3.05, 3.63) is 115 Å². The molecular weight excluding hydrogens is 641 g/mol. The van der Waals surface area contributed by atoms with E-state index in [0.717, 1.165) is 14.7 Å². The van der Waals surface area contributed by atoms with E-state index < -0.39 is 0 Å². The SMILES string of the molecule is CCOc1cc(/C=N\NC(=O)Cn2c3ccccc3c(=O)c3ccccc32)cc(I)c1OCc1ccc(Cl)cc1. The van der Waals surface area contributed by atoms with Crippen LogP contribution in [-0.4, -0.2) is 23.3 Å². The first kappa shape index (κ1) is 27.7. The van der Waals surface area contributed by atoms with Crippen molar-refractivity contribution in [1.82, 2.24) is 9.99 Å². The van der Waals surface area contributed by atoms with Crippen LogP contribution in [0.2, 0.25) is 5.02 Å². The predicted molar refractivity (Wildman–Crippen MR) is 168 cm³/mol. The number of carbonyl (C=O) groups is 1. The highest BCUT2D eigenvalue weighted by Gasteiger charge is 2.14. The molecule has 5 aromatic rings. The topological polar surface area (TPSA) is 81.9 Å². The van der Waals surface area contributed by atoms with Crippen molar-refractivity contribution in [3.63, 3.8) is 0 Å². The number of aromatic nitrogens is 1. The van der Waals surface area contributed by atoms with Crippen molar-refractivity contribution in [3.8, 4) is 11.5 Å². The first-order chi connectivity index (χ1) is 19.4. The van der Waals surface area contributed by atoms with Crippen LogP contribution >= 0.6 is 34.2 Å². The van der Waals surface area contributed by atoms with Crippen LogP contribution in [0, 0.1) is 3.57 Å². The molecule has 1 amide bonds. The summed E-state index contributed by atoms with van der Waals surface area (Å²) < 4.78 is 14.6. The molecule has 9 heteroatoms. The van der Waals surface area contributed by atoms with Crippen molar-refractivity contribution in [2.45, 2.75) is 20.1 Å². The molecule has 1 heterocycles. The number of ether oxygens (including phenoxy) is 2. The molecule has 0 radical (unpaired) electrons. The predicted octanol–water partition coefficient (Wildman–Crippen LogP) is 6.54. The number of pyridine rings is 1. The fraction of sp³-hybridized carbons (Fsp3) is 0.129. The molecule has 0 saturated carbocycles. The number of halogens is 2. The van der Waals surface area contributed by atoms with Gasteiger partial charge in [-0.1, -0.05) is 48.0 Å². The molecule has 0 atom stereocenters. The summed E-state index contributed by atoms with van der Waals surface area (Å²) in [6.45, 7) is 2.73. The van der Waals surface area contributed by atoms with E-state index in [-0.39, 0.29) is 17.9 Å². The van der Waals surface area contributed by atoms with E-state index in [9.17, 15) is 9.59 Å². The maximum absolute atomic E-state index is 12.9. The van der Waals surface area contributed by atoms with Gasteiger partial charge in [-0.05, 0) is 89.2 Å². The van der Waals surface area contributed by atoms with Gasteiger partial charge in [-0.25, -0.2) is 5.43 Å². The van der Waals surface area contributed by atoms with E-state index in [4.69, 9.17) is 21.1 Å². The average molecular weight is 666 g/mol. The summed E-state index contributed by atoms with van der Waals surface area (Å²) in [4.78, 5) is 25.9. The van der Waals surface area contributed by atoms with Gasteiger partial charge in [-0.15, -0.1) is 0 Å². The zero-order chi connectivity index (χ0) is 28.1. The summed E-state index contributed by atoms with van der Waals surface area (Å²) >= 11 is 8.17. The number of hydrogen-bond donors (Lipinski definition) is 1. The molecule has 5 rings (SSSR count). The standard InChI is InChI=1S/C31H25ClIN3O4/c1-2-39-28-16-21(15-25(33)31(28)40-19-20-11-13-22(32)14-12-20)17-34-35-29(37)18-36-26-9-5-3-7-23(26)30(38)24-8-4-6-10-27(24)36/h3-17H,2,18-19H2,1H3,(H,35,37)/b34-17-. The summed E-state index contributed by atoms with van der Waals surface area (Å²) in [5, 5.41) is 5.98. The Morgan fingerprint density at radius 3 is 2.27 bits per heavy atom. The van der Waals surface area contributed by atoms with E-state index in [1.165, 1.54) is 0 Å². The Kier molecular flexibility index (Phi) is 8.66. The van der Waals surface area contributed by atoms with Gasteiger partial charge in [-0.3, -0.25) is 9.59 Å². The van der Waals surface area contributed by atoms with Crippen molar-refractivity contribution >= 4 is 68.1 Å². The minimum Gasteiger partial charge on any atom is -0.490 e. The normalized spacial score (nSPS) is 11.3. The minimum absolute atomic E-state index is 0.00213. The second kappa shape index (κ2) is 12.5. The first-order valence-corrected chi connectivity index (χ1v) is 14.1. The van der Waals surface area contributed by atoms with Crippen LogP contribution in [0.15, 0.2) is 94.8 Å². The lowest BCUT2D eigenvalue weighted by molar-refractivity contribution is -0.121. The number of hydrazone groups is 1. The smallest absolute Gasteiger partial charge is 0.260 e. The molecule has 1 N–H and O–H groups in total. The Morgan fingerprint density at radius 2 is 1.62 bits per heavy atom. The molecule has 0 saturated heterocycles. The summed E-state index contributed by atoms with van der Waals surface area (Å²) in [6, 6.07) is 25.8. The molecule has 0 bridgehead atoms. The van der Waals surface area contributed by atoms with E-state index in [0.29, 0.717) is 51.5 Å². The van der Waals surface area contributed by atoms with E-state index in [2.05, 4.69) is 33.1 Å². The molecule has 0 unspecified atom stereocenters. The highest BCUT2D eigenvalue weighted by Crippen LogP contribution is 2.34. The van der Waals surface area contributed by atoms with Gasteiger partial charge in [0.1, 0.15) is 13.2 Å². The van der Waals surface area contributed by atoms with Crippen molar-refractivity contribution in [2.75, 3.05) is 6.61 Å². The third-order valence-corrected chi connectivity index (χ3v) is 7.26. The number of rotatable bonds is 9. The number of fused-ring (bicyclic) bond motifs is 2. The number of carbonyl (C=O) groups excluding carboxylic acids is 1. The van der Waals surface area contributed by atoms with Gasteiger partial charge in [0.2, 0.25) is 0 Å². The maximum Gasteiger partial charge on any atom is 0.260 e. The van der Waals surface area contributed by atoms with Gasteiger partial charge in [0.15, 0.2) is 16.9 Å². The van der Waals surface area contributed by atoms with Crippen LogP contribution in [-0.2, 0) is 17.9 Å². The molecule has 0 aliphatic carbocycles. The van der Waals surface area contributed by atoms with Crippen LogP contribution in [0.1, 0.15) is 18.1 Å². The van der Waals surface area contributed by atoms with Crippen LogP contribution < -0.4 is 20.3 Å². The molecule has 0 spiro atoms. The highest BCUT2D eigenvalue weighted by molar-refractivity contribution is 14.1. The lowest BCUT2D eigenvalue weighted by atomic mass is 10.1. The van der Waals surface area contributed by atoms with E-state index >= 15 is 0 Å². The summed E-state index contributed by atoms with van der Waals surface area (Å²) in [5.74, 6) is 0.899. The van der Waals surface area contributed by atoms with Crippen molar-refractivity contribution < 1.29 is 14.3 Å². The second-order valence-corrected chi connectivity index (χ2v) is 10.5. The summed E-state index contributed by atoms with van der Waals surface area (Å²) in [5.41, 5.74) is 5.66. The van der Waals surface area contributed by atoms with Crippen LogP contribution in [0.3, 0.4) is 0 Å². The Balaban J connectivity index is 1.33. The van der Waals surface area contributed by atoms with Gasteiger partial charge < -0.3 is 14.0 Å². The Bertz CT molecular complexity index is 1720. The van der Waals surface area contributed by atoms with Gasteiger partial charge in [0.05, 0.1) is 27.4 Å². The number of hydrogen-bond acceptors (Lipinski definition) is 5. The molecule has 202 valence electrons. The molecule has 40 heavy (non-hydrogen) atoms. The number of nitrogens with one attached hydrogen (secondary N) is 1. The van der Waals surface area contributed by atoms with E-state index in [1.807, 2.05) is 84.3 Å². The lowest BCUT2D eigenvalue weighted by Gasteiger charge is -2.15. The third kappa shape index (κ3) is 6.13. The van der Waals surface area contributed by atoms with Crippen LogP contribution in [0.4, 0.5) is 0 Å². The first-order valence-electron chi connectivity index (χ1n) is 12.6. The quantitative estimate of drug-likeness (QED) is 0.0840. The fourth-order valence-electron chi connectivity index (χ4n) is 4.41. The van der Waals surface area contributed by atoms with Crippen LogP contribution in [0.5, 0.6) is 11.5 Å². The number of para-hydroxylation sites is 2. The molecular formula is C31H25ClIN3O4. The van der Waals surface area contributed by atoms with Crippen molar-refractivity contribution in [2.24, 2.45) is 5.10 Å². The Hall–Kier alpha value is -3.89. The zero-order valence-corrected chi connectivity index (χ0v) is 24.5. The van der Waals surface area contributed by atoms with Crippen molar-refractivity contribution in [1.29, 1.82) is 0 Å². The third-order valence-electron chi connectivity index (χ3n) is 6.21. The second-order valence-electron chi connectivity index (χ2n) is 8.92. The zero-order valence-electron chi connectivity index (χ0n) is 21.6. The van der Waals surface area contributed by atoms with Gasteiger partial charge >= 0.3 is 0 Å². The molecule has 0 fully saturated rings.